The largest absolute Gasteiger partial charge is 0.353 e. The molecule has 1 saturated heterocycles. The monoisotopic (exact) mass is 342 g/mol. The van der Waals surface area contributed by atoms with Crippen molar-refractivity contribution in [1.82, 2.24) is 10.6 Å². The van der Waals surface area contributed by atoms with Crippen molar-refractivity contribution in [3.8, 4) is 0 Å². The van der Waals surface area contributed by atoms with Gasteiger partial charge < -0.3 is 10.6 Å². The number of sulfone groups is 1. The van der Waals surface area contributed by atoms with E-state index >= 15 is 0 Å². The molecule has 128 valence electrons. The standard InChI is InChI=1S/C16H23FN2O3S/c1-11-10-18-8-7-15(11)19-16(20)9-12(2)23(21,22)14-5-3-13(17)4-6-14/h3-6,11-12,15,18H,7-10H2,1-2H3,(H,19,20). The van der Waals surface area contributed by atoms with E-state index in [0.717, 1.165) is 31.6 Å². The first-order valence-corrected chi connectivity index (χ1v) is 9.35. The minimum atomic E-state index is -3.64. The zero-order valence-electron chi connectivity index (χ0n) is 13.4. The molecule has 3 unspecified atom stereocenters. The van der Waals surface area contributed by atoms with Crippen molar-refractivity contribution in [2.24, 2.45) is 5.92 Å². The van der Waals surface area contributed by atoms with E-state index < -0.39 is 20.9 Å². The van der Waals surface area contributed by atoms with Gasteiger partial charge in [0.15, 0.2) is 9.84 Å². The lowest BCUT2D eigenvalue weighted by Crippen LogP contribution is -2.49. The van der Waals surface area contributed by atoms with Gasteiger partial charge >= 0.3 is 0 Å². The molecule has 1 aliphatic rings. The van der Waals surface area contributed by atoms with Gasteiger partial charge in [-0.15, -0.1) is 0 Å². The van der Waals surface area contributed by atoms with Crippen LogP contribution in [0, 0.1) is 11.7 Å². The third-order valence-electron chi connectivity index (χ3n) is 4.28. The van der Waals surface area contributed by atoms with Gasteiger partial charge in [-0.2, -0.15) is 0 Å². The number of piperidine rings is 1. The van der Waals surface area contributed by atoms with E-state index in [9.17, 15) is 17.6 Å². The summed E-state index contributed by atoms with van der Waals surface area (Å²) in [5, 5.41) is 5.32. The van der Waals surface area contributed by atoms with Crippen molar-refractivity contribution in [3.63, 3.8) is 0 Å². The van der Waals surface area contributed by atoms with Gasteiger partial charge in [-0.25, -0.2) is 12.8 Å². The summed E-state index contributed by atoms with van der Waals surface area (Å²) in [6.45, 7) is 5.24. The van der Waals surface area contributed by atoms with E-state index in [1.807, 2.05) is 0 Å². The van der Waals surface area contributed by atoms with Gasteiger partial charge in [0.1, 0.15) is 5.82 Å². The molecule has 0 aliphatic carbocycles. The molecule has 1 heterocycles. The molecule has 0 spiro atoms. The number of carbonyl (C=O) groups is 1. The number of benzene rings is 1. The van der Waals surface area contributed by atoms with Crippen LogP contribution in [0.1, 0.15) is 26.7 Å². The summed E-state index contributed by atoms with van der Waals surface area (Å²) in [6, 6.07) is 4.75. The van der Waals surface area contributed by atoms with Gasteiger partial charge in [-0.1, -0.05) is 6.92 Å². The van der Waals surface area contributed by atoms with Gasteiger partial charge in [0.2, 0.25) is 5.91 Å². The molecule has 1 fully saturated rings. The van der Waals surface area contributed by atoms with Crippen LogP contribution in [0.5, 0.6) is 0 Å². The Morgan fingerprint density at radius 1 is 1.39 bits per heavy atom. The molecule has 0 saturated carbocycles. The number of hydrogen-bond donors (Lipinski definition) is 2. The van der Waals surface area contributed by atoms with E-state index in [4.69, 9.17) is 0 Å². The highest BCUT2D eigenvalue weighted by Crippen LogP contribution is 2.19. The van der Waals surface area contributed by atoms with Gasteiger partial charge in [-0.3, -0.25) is 4.79 Å². The van der Waals surface area contributed by atoms with Gasteiger partial charge in [0.25, 0.3) is 0 Å². The minimum absolute atomic E-state index is 0.0365. The second-order valence-corrected chi connectivity index (χ2v) is 8.52. The Morgan fingerprint density at radius 2 is 2.04 bits per heavy atom. The molecular weight excluding hydrogens is 319 g/mol. The van der Waals surface area contributed by atoms with Crippen molar-refractivity contribution < 1.29 is 17.6 Å². The topological polar surface area (TPSA) is 75.3 Å². The van der Waals surface area contributed by atoms with Crippen LogP contribution in [0.15, 0.2) is 29.2 Å². The lowest BCUT2D eigenvalue weighted by atomic mass is 9.95. The van der Waals surface area contributed by atoms with Gasteiger partial charge in [-0.05, 0) is 56.6 Å². The predicted molar refractivity (Wildman–Crippen MR) is 86.2 cm³/mol. The number of halogens is 1. The Kier molecular flexibility index (Phi) is 5.75. The van der Waals surface area contributed by atoms with E-state index in [-0.39, 0.29) is 23.3 Å². The predicted octanol–water partition coefficient (Wildman–Crippen LogP) is 1.49. The van der Waals surface area contributed by atoms with Crippen molar-refractivity contribution in [2.45, 2.75) is 42.9 Å². The Balaban J connectivity index is 1.98. The highest BCUT2D eigenvalue weighted by molar-refractivity contribution is 7.92. The summed E-state index contributed by atoms with van der Waals surface area (Å²) >= 11 is 0. The fourth-order valence-corrected chi connectivity index (χ4v) is 4.07. The molecule has 23 heavy (non-hydrogen) atoms. The normalized spacial score (nSPS) is 23.3. The second-order valence-electron chi connectivity index (χ2n) is 6.16. The molecule has 1 amide bonds. The summed E-state index contributed by atoms with van der Waals surface area (Å²) in [5.74, 6) is -0.437. The van der Waals surface area contributed by atoms with Crippen molar-refractivity contribution >= 4 is 15.7 Å². The smallest absolute Gasteiger partial charge is 0.221 e. The summed E-state index contributed by atoms with van der Waals surface area (Å²) in [4.78, 5) is 12.2. The summed E-state index contributed by atoms with van der Waals surface area (Å²) in [7, 11) is -3.64. The third kappa shape index (κ3) is 4.51. The Morgan fingerprint density at radius 3 is 2.65 bits per heavy atom. The van der Waals surface area contributed by atoms with Crippen LogP contribution >= 0.6 is 0 Å². The maximum atomic E-state index is 12.9. The van der Waals surface area contributed by atoms with Crippen LogP contribution < -0.4 is 10.6 Å². The number of carbonyl (C=O) groups excluding carboxylic acids is 1. The molecule has 7 heteroatoms. The zero-order chi connectivity index (χ0) is 17.0. The minimum Gasteiger partial charge on any atom is -0.353 e. The molecule has 5 nitrogen and oxygen atoms in total. The average molecular weight is 342 g/mol. The van der Waals surface area contributed by atoms with E-state index in [1.54, 1.807) is 0 Å². The fourth-order valence-electron chi connectivity index (χ4n) is 2.72. The molecule has 2 N–H and O–H groups in total. The zero-order valence-corrected chi connectivity index (χ0v) is 14.2. The number of amides is 1. The highest BCUT2D eigenvalue weighted by atomic mass is 32.2. The average Bonchev–Trinajstić information content (AvgIpc) is 2.50. The molecule has 0 radical (unpaired) electrons. The molecule has 1 aliphatic heterocycles. The SMILES string of the molecule is CC1CNCCC1NC(=O)CC(C)S(=O)(=O)c1ccc(F)cc1. The van der Waals surface area contributed by atoms with Crippen LogP contribution in [-0.2, 0) is 14.6 Å². The van der Waals surface area contributed by atoms with Crippen molar-refractivity contribution in [1.29, 1.82) is 0 Å². The van der Waals surface area contributed by atoms with E-state index in [1.165, 1.54) is 19.1 Å². The first kappa shape index (κ1) is 17.9. The molecule has 2 rings (SSSR count). The molecule has 0 bridgehead atoms. The molecule has 1 aromatic carbocycles. The Hall–Kier alpha value is -1.47. The van der Waals surface area contributed by atoms with Crippen molar-refractivity contribution in [3.05, 3.63) is 30.1 Å². The highest BCUT2D eigenvalue weighted by Gasteiger charge is 2.28. The molecule has 3 atom stereocenters. The van der Waals surface area contributed by atoms with Crippen LogP contribution in [0.4, 0.5) is 4.39 Å². The van der Waals surface area contributed by atoms with Crippen LogP contribution in [0.2, 0.25) is 0 Å². The lowest BCUT2D eigenvalue weighted by Gasteiger charge is -2.30. The van der Waals surface area contributed by atoms with E-state index in [0.29, 0.717) is 5.92 Å². The molecule has 1 aromatic rings. The summed E-state index contributed by atoms with van der Waals surface area (Å²) in [6.07, 6.45) is 0.738. The summed E-state index contributed by atoms with van der Waals surface area (Å²) in [5.41, 5.74) is 0. The number of hydrogen-bond acceptors (Lipinski definition) is 4. The van der Waals surface area contributed by atoms with Crippen LogP contribution in [0.25, 0.3) is 0 Å². The number of nitrogens with one attached hydrogen (secondary N) is 2. The van der Waals surface area contributed by atoms with Gasteiger partial charge in [0.05, 0.1) is 10.1 Å². The lowest BCUT2D eigenvalue weighted by molar-refractivity contribution is -0.122. The maximum Gasteiger partial charge on any atom is 0.221 e. The third-order valence-corrected chi connectivity index (χ3v) is 6.43. The first-order chi connectivity index (χ1) is 10.8. The quantitative estimate of drug-likeness (QED) is 0.795. The van der Waals surface area contributed by atoms with Crippen LogP contribution in [0.3, 0.4) is 0 Å². The molecule has 0 aromatic heterocycles. The van der Waals surface area contributed by atoms with Crippen LogP contribution in [-0.4, -0.2) is 38.7 Å². The summed E-state index contributed by atoms with van der Waals surface area (Å²) < 4.78 is 37.8. The Bertz CT molecular complexity index is 646. The number of rotatable bonds is 5. The Labute approximate surface area is 136 Å². The second kappa shape index (κ2) is 7.40. The first-order valence-electron chi connectivity index (χ1n) is 7.80. The van der Waals surface area contributed by atoms with Gasteiger partial charge in [0, 0.05) is 12.5 Å². The van der Waals surface area contributed by atoms with Crippen molar-refractivity contribution in [2.75, 3.05) is 13.1 Å². The molecular formula is C16H23FN2O3S. The fraction of sp³-hybridized carbons (Fsp3) is 0.562. The maximum absolute atomic E-state index is 12.9. The van der Waals surface area contributed by atoms with E-state index in [2.05, 4.69) is 17.6 Å².